The highest BCUT2D eigenvalue weighted by Crippen LogP contribution is 2.70. The van der Waals surface area contributed by atoms with Crippen LogP contribution >= 0.6 is 0 Å². The van der Waals surface area contributed by atoms with Crippen molar-refractivity contribution in [3.63, 3.8) is 0 Å². The van der Waals surface area contributed by atoms with Crippen molar-refractivity contribution in [1.29, 1.82) is 0 Å². The van der Waals surface area contributed by atoms with E-state index in [4.69, 9.17) is 9.47 Å². The van der Waals surface area contributed by atoms with Crippen LogP contribution in [0.5, 0.6) is 0 Å². The van der Waals surface area contributed by atoms with E-state index in [0.29, 0.717) is 18.3 Å². The number of esters is 2. The van der Waals surface area contributed by atoms with Crippen molar-refractivity contribution in [2.24, 2.45) is 34.5 Å². The van der Waals surface area contributed by atoms with Crippen LogP contribution in [0.15, 0.2) is 11.3 Å². The normalized spacial score (nSPS) is 49.2. The highest BCUT2D eigenvalue weighted by molar-refractivity contribution is 5.92. The van der Waals surface area contributed by atoms with Crippen LogP contribution in [-0.4, -0.2) is 40.5 Å². The summed E-state index contributed by atoms with van der Waals surface area (Å²) in [4.78, 5) is 23.8. The first-order valence-corrected chi connectivity index (χ1v) is 12.1. The Morgan fingerprint density at radius 2 is 1.84 bits per heavy atom. The molecule has 5 aliphatic rings. The van der Waals surface area contributed by atoms with E-state index in [1.165, 1.54) is 6.92 Å². The Labute approximate surface area is 184 Å². The summed E-state index contributed by atoms with van der Waals surface area (Å²) >= 11 is 0. The Balaban J connectivity index is 1.48. The second-order valence-electron chi connectivity index (χ2n) is 11.4. The fourth-order valence-electron chi connectivity index (χ4n) is 8.68. The molecule has 1 heterocycles. The minimum Gasteiger partial charge on any atom is -0.455 e. The summed E-state index contributed by atoms with van der Waals surface area (Å²) in [5.74, 6) is 0.218. The SMILES string of the molecule is CC(=O)OC1=C([C@@H]2CC[C@]3(O)[C@@H]4CC[C@@H]5C[C@@H](O)CC[C@]5(C)[C@H]4CC[C@]23C)COC1=O. The zero-order valence-electron chi connectivity index (χ0n) is 19.0. The number of carbonyl (C=O) groups is 2. The summed E-state index contributed by atoms with van der Waals surface area (Å²) in [7, 11) is 0. The standard InChI is InChI=1S/C25H36O6/c1-14(26)31-21-17(13-30-22(21)28)18-8-11-25(29)20-5-4-15-12-16(27)6-9-23(15,2)19(20)7-10-24(18,25)3/h15-16,18-20,27,29H,4-13H2,1-3H3/t15-,16+,18+,19+,20-,23+,24-,25+/m1/s1. The lowest BCUT2D eigenvalue weighted by Crippen LogP contribution is -2.62. The second-order valence-corrected chi connectivity index (χ2v) is 11.4. The Hall–Kier alpha value is -1.40. The molecular weight excluding hydrogens is 396 g/mol. The molecule has 0 aromatic rings. The van der Waals surface area contributed by atoms with Gasteiger partial charge in [0, 0.05) is 17.9 Å². The van der Waals surface area contributed by atoms with Crippen molar-refractivity contribution in [1.82, 2.24) is 0 Å². The predicted octanol–water partition coefficient (Wildman–Crippen LogP) is 3.50. The summed E-state index contributed by atoms with van der Waals surface area (Å²) in [6.07, 6.45) is 8.16. The van der Waals surface area contributed by atoms with Crippen LogP contribution in [0.25, 0.3) is 0 Å². The van der Waals surface area contributed by atoms with Gasteiger partial charge in [-0.05, 0) is 86.9 Å². The number of carbonyl (C=O) groups excluding carboxylic acids is 2. The third-order valence-electron chi connectivity index (χ3n) is 10.3. The van der Waals surface area contributed by atoms with Crippen LogP contribution in [0.2, 0.25) is 0 Å². The second kappa shape index (κ2) is 7.05. The number of rotatable bonds is 2. The summed E-state index contributed by atoms with van der Waals surface area (Å²) in [5.41, 5.74) is -0.200. The summed E-state index contributed by atoms with van der Waals surface area (Å²) in [6, 6.07) is 0. The zero-order valence-corrected chi connectivity index (χ0v) is 19.0. The number of aliphatic hydroxyl groups excluding tert-OH is 1. The number of aliphatic hydroxyl groups is 2. The third-order valence-corrected chi connectivity index (χ3v) is 10.3. The van der Waals surface area contributed by atoms with Gasteiger partial charge in [-0.25, -0.2) is 4.79 Å². The number of ether oxygens (including phenoxy) is 2. The van der Waals surface area contributed by atoms with Crippen LogP contribution in [0, 0.1) is 34.5 Å². The quantitative estimate of drug-likeness (QED) is 0.649. The Bertz CT molecular complexity index is 834. The van der Waals surface area contributed by atoms with E-state index >= 15 is 0 Å². The molecule has 172 valence electrons. The lowest BCUT2D eigenvalue weighted by atomic mass is 9.43. The minimum atomic E-state index is -0.787. The van der Waals surface area contributed by atoms with Crippen LogP contribution in [0.4, 0.5) is 0 Å². The van der Waals surface area contributed by atoms with Gasteiger partial charge in [0.25, 0.3) is 0 Å². The number of cyclic esters (lactones) is 1. The van der Waals surface area contributed by atoms with Gasteiger partial charge in [-0.2, -0.15) is 0 Å². The van der Waals surface area contributed by atoms with Gasteiger partial charge in [-0.3, -0.25) is 4.79 Å². The van der Waals surface area contributed by atoms with Crippen molar-refractivity contribution >= 4 is 11.9 Å². The molecule has 0 aromatic carbocycles. The van der Waals surface area contributed by atoms with Crippen molar-refractivity contribution in [3.05, 3.63) is 11.3 Å². The third kappa shape index (κ3) is 2.90. The highest BCUT2D eigenvalue weighted by atomic mass is 16.6. The minimum absolute atomic E-state index is 0.0158. The van der Waals surface area contributed by atoms with Gasteiger partial charge in [0.2, 0.25) is 5.76 Å². The first-order valence-electron chi connectivity index (χ1n) is 12.1. The molecule has 31 heavy (non-hydrogen) atoms. The first-order chi connectivity index (χ1) is 14.6. The van der Waals surface area contributed by atoms with Gasteiger partial charge < -0.3 is 19.7 Å². The number of hydrogen-bond donors (Lipinski definition) is 2. The van der Waals surface area contributed by atoms with Gasteiger partial charge in [0.15, 0.2) is 0 Å². The molecule has 8 atom stereocenters. The molecular formula is C25H36O6. The molecule has 4 saturated carbocycles. The molecule has 6 heteroatoms. The van der Waals surface area contributed by atoms with E-state index in [9.17, 15) is 19.8 Å². The summed E-state index contributed by atoms with van der Waals surface area (Å²) in [5, 5.41) is 22.5. The molecule has 0 bridgehead atoms. The molecule has 0 spiro atoms. The number of fused-ring (bicyclic) bond motifs is 5. The lowest BCUT2D eigenvalue weighted by molar-refractivity contribution is -0.208. The zero-order chi connectivity index (χ0) is 22.2. The Morgan fingerprint density at radius 1 is 1.06 bits per heavy atom. The summed E-state index contributed by atoms with van der Waals surface area (Å²) in [6.45, 7) is 6.04. The maximum absolute atomic E-state index is 12.3. The van der Waals surface area contributed by atoms with Gasteiger partial charge in [0.1, 0.15) is 6.61 Å². The molecule has 1 aliphatic heterocycles. The smallest absolute Gasteiger partial charge is 0.374 e. The van der Waals surface area contributed by atoms with Crippen molar-refractivity contribution in [2.75, 3.05) is 6.61 Å². The van der Waals surface area contributed by atoms with Crippen LogP contribution in [0.3, 0.4) is 0 Å². The fourth-order valence-corrected chi connectivity index (χ4v) is 8.68. The fraction of sp³-hybridized carbons (Fsp3) is 0.840. The predicted molar refractivity (Wildman–Crippen MR) is 112 cm³/mol. The largest absolute Gasteiger partial charge is 0.455 e. The van der Waals surface area contributed by atoms with E-state index < -0.39 is 17.5 Å². The molecule has 0 aromatic heterocycles. The van der Waals surface area contributed by atoms with Crippen LogP contribution in [0.1, 0.15) is 78.6 Å². The maximum Gasteiger partial charge on any atom is 0.374 e. The molecule has 6 nitrogen and oxygen atoms in total. The molecule has 0 saturated heterocycles. The molecule has 2 N–H and O–H groups in total. The van der Waals surface area contributed by atoms with Gasteiger partial charge in [-0.15, -0.1) is 0 Å². The van der Waals surface area contributed by atoms with Gasteiger partial charge >= 0.3 is 11.9 Å². The van der Waals surface area contributed by atoms with Crippen molar-refractivity contribution in [3.8, 4) is 0 Å². The van der Waals surface area contributed by atoms with Crippen molar-refractivity contribution < 1.29 is 29.3 Å². The molecule has 4 fully saturated rings. The monoisotopic (exact) mass is 432 g/mol. The summed E-state index contributed by atoms with van der Waals surface area (Å²) < 4.78 is 10.5. The molecule has 5 rings (SSSR count). The molecule has 0 amide bonds. The average Bonchev–Trinajstić information content (AvgIpc) is 3.19. The van der Waals surface area contributed by atoms with E-state index in [1.807, 2.05) is 0 Å². The van der Waals surface area contributed by atoms with Gasteiger partial charge in [0.05, 0.1) is 11.7 Å². The molecule has 4 aliphatic carbocycles. The molecule has 0 unspecified atom stereocenters. The maximum atomic E-state index is 12.3. The first kappa shape index (κ1) is 21.4. The Morgan fingerprint density at radius 3 is 2.58 bits per heavy atom. The lowest BCUT2D eigenvalue weighted by Gasteiger charge is -2.63. The topological polar surface area (TPSA) is 93.1 Å². The highest BCUT2D eigenvalue weighted by Gasteiger charge is 2.68. The van der Waals surface area contributed by atoms with Gasteiger partial charge in [-0.1, -0.05) is 13.8 Å². The van der Waals surface area contributed by atoms with Crippen LogP contribution < -0.4 is 0 Å². The van der Waals surface area contributed by atoms with Crippen LogP contribution in [-0.2, 0) is 19.1 Å². The van der Waals surface area contributed by atoms with E-state index in [0.717, 1.165) is 56.9 Å². The average molecular weight is 433 g/mol. The van der Waals surface area contributed by atoms with E-state index in [2.05, 4.69) is 13.8 Å². The van der Waals surface area contributed by atoms with E-state index in [1.54, 1.807) is 0 Å². The number of hydrogen-bond acceptors (Lipinski definition) is 6. The molecule has 0 radical (unpaired) electrons. The Kier molecular flexibility index (Phi) is 4.88. The van der Waals surface area contributed by atoms with Crippen molar-refractivity contribution in [2.45, 2.75) is 90.3 Å². The van der Waals surface area contributed by atoms with E-state index in [-0.39, 0.29) is 41.1 Å².